The Morgan fingerprint density at radius 1 is 1.26 bits per heavy atom. The van der Waals surface area contributed by atoms with E-state index in [-0.39, 0.29) is 19.0 Å². The number of hydrogen-bond acceptors (Lipinski definition) is 12. The molecule has 1 aliphatic rings. The molecule has 4 N–H and O–H groups in total. The molecule has 13 heteroatoms. The molecule has 0 amide bonds. The van der Waals surface area contributed by atoms with Crippen LogP contribution in [0.4, 0.5) is 5.82 Å². The van der Waals surface area contributed by atoms with E-state index < -0.39 is 48.4 Å². The van der Waals surface area contributed by atoms with Gasteiger partial charge < -0.3 is 33.9 Å². The predicted octanol–water partition coefficient (Wildman–Crippen LogP) is -1.33. The van der Waals surface area contributed by atoms with Gasteiger partial charge in [0.1, 0.15) is 24.9 Å². The largest absolute Gasteiger partial charge is 0.461 e. The van der Waals surface area contributed by atoms with Gasteiger partial charge in [0, 0.05) is 26.5 Å². The van der Waals surface area contributed by atoms with Crippen molar-refractivity contribution in [3.63, 3.8) is 0 Å². The fraction of sp³-hybridized carbons (Fsp3) is 0.722. The minimum absolute atomic E-state index is 0.0979. The summed E-state index contributed by atoms with van der Waals surface area (Å²) < 4.78 is 27.8. The van der Waals surface area contributed by atoms with Crippen LogP contribution in [0, 0.1) is 0 Å². The number of methoxy groups -OCH3 is 1. The fourth-order valence-electron chi connectivity index (χ4n) is 2.95. The Labute approximate surface area is 178 Å². The normalized spacial score (nSPS) is 23.7. The van der Waals surface area contributed by atoms with Crippen molar-refractivity contribution in [3.05, 3.63) is 22.7 Å². The summed E-state index contributed by atoms with van der Waals surface area (Å²) in [7, 11) is 1.32. The summed E-state index contributed by atoms with van der Waals surface area (Å²) in [4.78, 5) is 28.3. The topological polar surface area (TPSA) is 171 Å². The predicted molar refractivity (Wildman–Crippen MR) is 104 cm³/mol. The van der Waals surface area contributed by atoms with E-state index in [1.54, 1.807) is 19.3 Å². The van der Waals surface area contributed by atoms with E-state index >= 15 is 0 Å². The third-order valence-electron chi connectivity index (χ3n) is 4.78. The standard InChI is InChI=1S/C18H29N3O10/c1-4-28-9-18(27-3,10-29-5-2)16(24)30-8-11-13(22)14(23)15(31-11)21-7-6-12(20-26)19-17(21)25/h6-7,11,13-15,22-23,26H,4-5,8-10H2,1-3H3,(H,19,20,25)/t11-,13-,14-,15-/m1/s1. The van der Waals surface area contributed by atoms with E-state index in [9.17, 15) is 19.8 Å². The number of aromatic nitrogens is 2. The number of nitrogens with one attached hydrogen (secondary N) is 1. The van der Waals surface area contributed by atoms with Gasteiger partial charge in [-0.15, -0.1) is 0 Å². The van der Waals surface area contributed by atoms with Gasteiger partial charge in [0.2, 0.25) is 5.60 Å². The molecule has 1 aromatic heterocycles. The van der Waals surface area contributed by atoms with Crippen LogP contribution < -0.4 is 11.2 Å². The van der Waals surface area contributed by atoms with Crippen molar-refractivity contribution in [2.24, 2.45) is 0 Å². The van der Waals surface area contributed by atoms with Crippen LogP contribution in [0.15, 0.2) is 17.1 Å². The maximum Gasteiger partial charge on any atom is 0.351 e. The lowest BCUT2D eigenvalue weighted by atomic mass is 10.1. The van der Waals surface area contributed by atoms with Gasteiger partial charge in [-0.05, 0) is 19.9 Å². The van der Waals surface area contributed by atoms with Crippen LogP contribution in [0.25, 0.3) is 0 Å². The van der Waals surface area contributed by atoms with Crippen molar-refractivity contribution in [1.82, 2.24) is 9.55 Å². The number of ether oxygens (including phenoxy) is 5. The maximum atomic E-state index is 12.7. The van der Waals surface area contributed by atoms with Gasteiger partial charge in [0.15, 0.2) is 12.0 Å². The summed E-state index contributed by atoms with van der Waals surface area (Å²) in [6.45, 7) is 3.57. The molecule has 1 saturated heterocycles. The molecular weight excluding hydrogens is 418 g/mol. The number of carbonyl (C=O) groups excluding carboxylic acids is 1. The Hall–Kier alpha value is -2.13. The lowest BCUT2D eigenvalue weighted by molar-refractivity contribution is -0.190. The highest BCUT2D eigenvalue weighted by molar-refractivity contribution is 5.80. The average molecular weight is 447 g/mol. The van der Waals surface area contributed by atoms with Crippen molar-refractivity contribution in [2.75, 3.05) is 45.6 Å². The minimum atomic E-state index is -1.51. The van der Waals surface area contributed by atoms with Crippen LogP contribution in [0.1, 0.15) is 20.1 Å². The van der Waals surface area contributed by atoms with Crippen LogP contribution in [-0.2, 0) is 28.5 Å². The molecule has 4 atom stereocenters. The van der Waals surface area contributed by atoms with Gasteiger partial charge >= 0.3 is 11.7 Å². The van der Waals surface area contributed by atoms with Crippen LogP contribution in [-0.4, -0.2) is 95.0 Å². The first-order valence-electron chi connectivity index (χ1n) is 9.72. The quantitative estimate of drug-likeness (QED) is 0.220. The molecule has 176 valence electrons. The minimum Gasteiger partial charge on any atom is -0.461 e. The number of anilines is 1. The van der Waals surface area contributed by atoms with E-state index in [4.69, 9.17) is 28.9 Å². The number of aliphatic hydroxyl groups is 2. The highest BCUT2D eigenvalue weighted by Crippen LogP contribution is 2.29. The van der Waals surface area contributed by atoms with Gasteiger partial charge in [-0.25, -0.2) is 9.59 Å². The number of esters is 1. The van der Waals surface area contributed by atoms with Crippen molar-refractivity contribution in [1.29, 1.82) is 0 Å². The van der Waals surface area contributed by atoms with Gasteiger partial charge in [0.05, 0.1) is 13.2 Å². The number of hydrogen-bond donors (Lipinski definition) is 4. The summed E-state index contributed by atoms with van der Waals surface area (Å²) in [5.74, 6) is -0.887. The SMILES string of the molecule is CCOCC(COCC)(OC)C(=O)OC[C@H]1O[C@@H](n2ccc(NO)nc2=O)[C@H](O)[C@@H]1O. The molecule has 0 radical (unpaired) electrons. The van der Waals surface area contributed by atoms with E-state index in [2.05, 4.69) is 4.98 Å². The summed E-state index contributed by atoms with van der Waals surface area (Å²) in [5, 5.41) is 29.4. The van der Waals surface area contributed by atoms with Crippen LogP contribution in [0.3, 0.4) is 0 Å². The first-order chi connectivity index (χ1) is 14.8. The van der Waals surface area contributed by atoms with E-state index in [0.29, 0.717) is 13.2 Å². The Morgan fingerprint density at radius 3 is 2.42 bits per heavy atom. The number of aliphatic hydroxyl groups excluding tert-OH is 2. The third kappa shape index (κ3) is 5.77. The second-order valence-electron chi connectivity index (χ2n) is 6.73. The summed E-state index contributed by atoms with van der Waals surface area (Å²) in [6, 6.07) is 1.27. The Balaban J connectivity index is 2.08. The zero-order chi connectivity index (χ0) is 23.0. The number of nitrogens with zero attached hydrogens (tertiary/aromatic N) is 2. The van der Waals surface area contributed by atoms with Crippen molar-refractivity contribution in [3.8, 4) is 0 Å². The van der Waals surface area contributed by atoms with E-state index in [1.807, 2.05) is 0 Å². The molecule has 0 bridgehead atoms. The molecular formula is C18H29N3O10. The molecule has 0 aromatic carbocycles. The Morgan fingerprint density at radius 2 is 1.90 bits per heavy atom. The van der Waals surface area contributed by atoms with Gasteiger partial charge in [-0.2, -0.15) is 4.98 Å². The summed E-state index contributed by atoms with van der Waals surface area (Å²) in [5.41, 5.74) is -0.617. The highest BCUT2D eigenvalue weighted by Gasteiger charge is 2.47. The van der Waals surface area contributed by atoms with Crippen molar-refractivity contribution in [2.45, 2.75) is 44.0 Å². The van der Waals surface area contributed by atoms with Gasteiger partial charge in [0.25, 0.3) is 0 Å². The maximum absolute atomic E-state index is 12.7. The van der Waals surface area contributed by atoms with Crippen LogP contribution in [0.2, 0.25) is 0 Å². The van der Waals surface area contributed by atoms with E-state index in [0.717, 1.165) is 4.57 Å². The highest BCUT2D eigenvalue weighted by atomic mass is 16.6. The molecule has 0 aliphatic carbocycles. The van der Waals surface area contributed by atoms with Crippen LogP contribution >= 0.6 is 0 Å². The average Bonchev–Trinajstić information content (AvgIpc) is 3.06. The summed E-state index contributed by atoms with van der Waals surface area (Å²) >= 11 is 0. The third-order valence-corrected chi connectivity index (χ3v) is 4.78. The first kappa shape index (κ1) is 25.1. The monoisotopic (exact) mass is 447 g/mol. The smallest absolute Gasteiger partial charge is 0.351 e. The van der Waals surface area contributed by atoms with Gasteiger partial charge in [-0.1, -0.05) is 0 Å². The zero-order valence-corrected chi connectivity index (χ0v) is 17.6. The Bertz CT molecular complexity index is 765. The zero-order valence-electron chi connectivity index (χ0n) is 17.6. The second-order valence-corrected chi connectivity index (χ2v) is 6.73. The van der Waals surface area contributed by atoms with Crippen molar-refractivity contribution >= 4 is 11.8 Å². The van der Waals surface area contributed by atoms with Crippen molar-refractivity contribution < 1.29 is 43.9 Å². The molecule has 1 fully saturated rings. The molecule has 0 spiro atoms. The number of rotatable bonds is 12. The van der Waals surface area contributed by atoms with Crippen LogP contribution in [0.5, 0.6) is 0 Å². The number of carbonyl (C=O) groups is 1. The Kier molecular flexibility index (Phi) is 9.31. The van der Waals surface area contributed by atoms with Gasteiger partial charge in [-0.3, -0.25) is 15.3 Å². The molecule has 1 aliphatic heterocycles. The molecule has 2 rings (SSSR count). The molecule has 1 aromatic rings. The lowest BCUT2D eigenvalue weighted by Gasteiger charge is -2.30. The first-order valence-corrected chi connectivity index (χ1v) is 9.72. The molecule has 13 nitrogen and oxygen atoms in total. The second kappa shape index (κ2) is 11.5. The van der Waals surface area contributed by atoms with E-state index in [1.165, 1.54) is 19.4 Å². The fourth-order valence-corrected chi connectivity index (χ4v) is 2.95. The molecule has 2 heterocycles. The molecule has 0 saturated carbocycles. The molecule has 31 heavy (non-hydrogen) atoms. The summed E-state index contributed by atoms with van der Waals surface area (Å²) in [6.07, 6.45) is -4.11. The molecule has 0 unspecified atom stereocenters. The lowest BCUT2D eigenvalue weighted by Crippen LogP contribution is -2.51.